The van der Waals surface area contributed by atoms with E-state index in [0.717, 1.165) is 16.6 Å². The van der Waals surface area contributed by atoms with Gasteiger partial charge >= 0.3 is 0 Å². The second kappa shape index (κ2) is 8.69. The number of anilines is 1. The van der Waals surface area contributed by atoms with Crippen molar-refractivity contribution >= 4 is 37.5 Å². The molecular formula is C19H21BrFN3O3S. The summed E-state index contributed by atoms with van der Waals surface area (Å²) in [5.41, 5.74) is 0.706. The highest BCUT2D eigenvalue weighted by atomic mass is 79.9. The monoisotopic (exact) mass is 469 g/mol. The molecule has 1 unspecified atom stereocenters. The van der Waals surface area contributed by atoms with Gasteiger partial charge in [-0.1, -0.05) is 15.9 Å². The van der Waals surface area contributed by atoms with E-state index in [-0.39, 0.29) is 29.9 Å². The maximum Gasteiger partial charge on any atom is 0.243 e. The zero-order valence-corrected chi connectivity index (χ0v) is 17.7. The maximum atomic E-state index is 13.1. The van der Waals surface area contributed by atoms with Gasteiger partial charge in [-0.25, -0.2) is 12.8 Å². The summed E-state index contributed by atoms with van der Waals surface area (Å²) >= 11 is 3.35. The summed E-state index contributed by atoms with van der Waals surface area (Å²) in [6.07, 6.45) is 0. The Balaban J connectivity index is 1.58. The molecule has 1 fully saturated rings. The van der Waals surface area contributed by atoms with Crippen LogP contribution in [0.1, 0.15) is 6.92 Å². The third-order valence-corrected chi connectivity index (χ3v) is 7.21. The van der Waals surface area contributed by atoms with Crippen LogP contribution in [-0.2, 0) is 14.8 Å². The highest BCUT2D eigenvalue weighted by Crippen LogP contribution is 2.20. The molecule has 28 heavy (non-hydrogen) atoms. The van der Waals surface area contributed by atoms with E-state index >= 15 is 0 Å². The van der Waals surface area contributed by atoms with Crippen LogP contribution in [0, 0.1) is 5.82 Å². The smallest absolute Gasteiger partial charge is 0.243 e. The Labute approximate surface area is 172 Å². The molecule has 6 nitrogen and oxygen atoms in total. The maximum absolute atomic E-state index is 13.1. The summed E-state index contributed by atoms with van der Waals surface area (Å²) in [5, 5.41) is 2.87. The van der Waals surface area contributed by atoms with Gasteiger partial charge in [0.15, 0.2) is 0 Å². The van der Waals surface area contributed by atoms with Gasteiger partial charge in [-0.2, -0.15) is 4.31 Å². The molecule has 0 spiro atoms. The Morgan fingerprint density at radius 2 is 1.61 bits per heavy atom. The van der Waals surface area contributed by atoms with Crippen LogP contribution in [0.15, 0.2) is 57.9 Å². The van der Waals surface area contributed by atoms with E-state index in [4.69, 9.17) is 0 Å². The molecule has 3 rings (SSSR count). The number of hydrogen-bond acceptors (Lipinski definition) is 4. The van der Waals surface area contributed by atoms with Gasteiger partial charge in [-0.3, -0.25) is 9.69 Å². The Hall–Kier alpha value is -1.81. The lowest BCUT2D eigenvalue weighted by atomic mass is 10.2. The van der Waals surface area contributed by atoms with Crippen LogP contribution in [-0.4, -0.2) is 55.8 Å². The SMILES string of the molecule is CC(C(=O)Nc1ccc(Br)cc1)N1CCN(S(=O)(=O)c2ccc(F)cc2)CC1. The Morgan fingerprint density at radius 3 is 2.18 bits per heavy atom. The van der Waals surface area contributed by atoms with Gasteiger partial charge in [-0.05, 0) is 55.5 Å². The van der Waals surface area contributed by atoms with E-state index in [2.05, 4.69) is 21.2 Å². The number of benzene rings is 2. The van der Waals surface area contributed by atoms with Crippen molar-refractivity contribution in [3.05, 3.63) is 58.8 Å². The zero-order chi connectivity index (χ0) is 20.3. The van der Waals surface area contributed by atoms with Crippen molar-refractivity contribution in [1.82, 2.24) is 9.21 Å². The van der Waals surface area contributed by atoms with Crippen LogP contribution in [0.25, 0.3) is 0 Å². The molecular weight excluding hydrogens is 449 g/mol. The summed E-state index contributed by atoms with van der Waals surface area (Å²) in [5.74, 6) is -0.619. The molecule has 1 atom stereocenters. The fraction of sp³-hybridized carbons (Fsp3) is 0.316. The minimum Gasteiger partial charge on any atom is -0.325 e. The fourth-order valence-corrected chi connectivity index (χ4v) is 4.72. The summed E-state index contributed by atoms with van der Waals surface area (Å²) in [4.78, 5) is 14.5. The lowest BCUT2D eigenvalue weighted by Crippen LogP contribution is -2.53. The number of nitrogens with zero attached hydrogens (tertiary/aromatic N) is 2. The number of piperazine rings is 1. The molecule has 0 radical (unpaired) electrons. The highest BCUT2D eigenvalue weighted by molar-refractivity contribution is 9.10. The average Bonchev–Trinajstić information content (AvgIpc) is 2.69. The molecule has 1 heterocycles. The van der Waals surface area contributed by atoms with E-state index in [0.29, 0.717) is 18.8 Å². The van der Waals surface area contributed by atoms with Crippen molar-refractivity contribution in [2.24, 2.45) is 0 Å². The molecule has 0 bridgehead atoms. The van der Waals surface area contributed by atoms with Crippen molar-refractivity contribution in [3.8, 4) is 0 Å². The van der Waals surface area contributed by atoms with Crippen LogP contribution in [0.2, 0.25) is 0 Å². The Bertz CT molecular complexity index is 928. The predicted molar refractivity (Wildman–Crippen MR) is 109 cm³/mol. The van der Waals surface area contributed by atoms with E-state index in [1.54, 1.807) is 6.92 Å². The molecule has 2 aromatic carbocycles. The first kappa shape index (κ1) is 20.9. The van der Waals surface area contributed by atoms with Crippen molar-refractivity contribution < 1.29 is 17.6 Å². The van der Waals surface area contributed by atoms with E-state index in [1.165, 1.54) is 16.4 Å². The molecule has 1 aliphatic rings. The van der Waals surface area contributed by atoms with Crippen LogP contribution in [0.3, 0.4) is 0 Å². The average molecular weight is 470 g/mol. The quantitative estimate of drug-likeness (QED) is 0.730. The van der Waals surface area contributed by atoms with Crippen molar-refractivity contribution in [3.63, 3.8) is 0 Å². The molecule has 1 amide bonds. The lowest BCUT2D eigenvalue weighted by Gasteiger charge is -2.36. The predicted octanol–water partition coefficient (Wildman–Crippen LogP) is 2.92. The molecule has 0 saturated carbocycles. The van der Waals surface area contributed by atoms with Crippen LogP contribution < -0.4 is 5.32 Å². The summed E-state index contributed by atoms with van der Waals surface area (Å²) in [7, 11) is -3.67. The third kappa shape index (κ3) is 4.78. The second-order valence-corrected chi connectivity index (χ2v) is 9.42. The molecule has 1 aliphatic heterocycles. The summed E-state index contributed by atoms with van der Waals surface area (Å²) in [6.45, 7) is 3.23. The minimum atomic E-state index is -3.67. The fourth-order valence-electron chi connectivity index (χ4n) is 3.03. The van der Waals surface area contributed by atoms with Gasteiger partial charge in [0.25, 0.3) is 0 Å². The topological polar surface area (TPSA) is 69.7 Å². The molecule has 0 aromatic heterocycles. The number of amides is 1. The number of sulfonamides is 1. The van der Waals surface area contributed by atoms with Gasteiger partial charge in [-0.15, -0.1) is 0 Å². The number of nitrogens with one attached hydrogen (secondary N) is 1. The minimum absolute atomic E-state index is 0.0726. The van der Waals surface area contributed by atoms with Crippen LogP contribution >= 0.6 is 15.9 Å². The molecule has 2 aromatic rings. The first-order chi connectivity index (χ1) is 13.3. The molecule has 1 N–H and O–H groups in total. The van der Waals surface area contributed by atoms with Gasteiger partial charge in [0.05, 0.1) is 10.9 Å². The third-order valence-electron chi connectivity index (χ3n) is 4.76. The van der Waals surface area contributed by atoms with Crippen molar-refractivity contribution in [1.29, 1.82) is 0 Å². The standard InChI is InChI=1S/C19H21BrFN3O3S/c1-14(19(25)22-17-6-2-15(20)3-7-17)23-10-12-24(13-11-23)28(26,27)18-8-4-16(21)5-9-18/h2-9,14H,10-13H2,1H3,(H,22,25). The Morgan fingerprint density at radius 1 is 1.04 bits per heavy atom. The van der Waals surface area contributed by atoms with E-state index < -0.39 is 15.8 Å². The van der Waals surface area contributed by atoms with Gasteiger partial charge in [0.2, 0.25) is 15.9 Å². The van der Waals surface area contributed by atoms with Gasteiger partial charge in [0.1, 0.15) is 5.82 Å². The number of carbonyl (C=O) groups is 1. The van der Waals surface area contributed by atoms with Crippen molar-refractivity contribution in [2.45, 2.75) is 17.9 Å². The first-order valence-corrected chi connectivity index (χ1v) is 11.1. The second-order valence-electron chi connectivity index (χ2n) is 6.57. The van der Waals surface area contributed by atoms with Gasteiger partial charge in [0, 0.05) is 36.3 Å². The summed E-state index contributed by atoms with van der Waals surface area (Å²) < 4.78 is 40.7. The van der Waals surface area contributed by atoms with Crippen molar-refractivity contribution in [2.75, 3.05) is 31.5 Å². The normalized spacial score (nSPS) is 17.2. The number of halogens is 2. The van der Waals surface area contributed by atoms with Gasteiger partial charge < -0.3 is 5.32 Å². The van der Waals surface area contributed by atoms with Crippen LogP contribution in [0.4, 0.5) is 10.1 Å². The Kier molecular flexibility index (Phi) is 6.49. The highest BCUT2D eigenvalue weighted by Gasteiger charge is 2.31. The first-order valence-electron chi connectivity index (χ1n) is 8.83. The van der Waals surface area contributed by atoms with Crippen LogP contribution in [0.5, 0.6) is 0 Å². The summed E-state index contributed by atoms with van der Waals surface area (Å²) in [6, 6.07) is 11.7. The number of rotatable bonds is 5. The zero-order valence-electron chi connectivity index (χ0n) is 15.3. The van der Waals surface area contributed by atoms with E-state index in [1.807, 2.05) is 29.2 Å². The number of hydrogen-bond donors (Lipinski definition) is 1. The largest absolute Gasteiger partial charge is 0.325 e. The molecule has 9 heteroatoms. The molecule has 150 valence electrons. The lowest BCUT2D eigenvalue weighted by molar-refractivity contribution is -0.121. The molecule has 1 saturated heterocycles. The molecule has 0 aliphatic carbocycles. The number of carbonyl (C=O) groups excluding carboxylic acids is 1. The van der Waals surface area contributed by atoms with E-state index in [9.17, 15) is 17.6 Å².